The highest BCUT2D eigenvalue weighted by molar-refractivity contribution is 5.68. The summed E-state index contributed by atoms with van der Waals surface area (Å²) in [6.45, 7) is 4.03. The summed E-state index contributed by atoms with van der Waals surface area (Å²) in [5.41, 5.74) is 0. The van der Waals surface area contributed by atoms with E-state index >= 15 is 0 Å². The molecule has 1 saturated heterocycles. The lowest BCUT2D eigenvalue weighted by Gasteiger charge is -2.24. The van der Waals surface area contributed by atoms with Crippen LogP contribution in [0.2, 0.25) is 0 Å². The molecule has 0 aliphatic carbocycles. The topological polar surface area (TPSA) is 135 Å². The van der Waals surface area contributed by atoms with Crippen molar-refractivity contribution >= 4 is 23.9 Å². The third-order valence-electron chi connectivity index (χ3n) is 2.93. The Bertz CT molecular complexity index is 502. The molecule has 0 radical (unpaired) electrons. The maximum Gasteiger partial charge on any atom is 0.305 e. The third-order valence-corrected chi connectivity index (χ3v) is 2.93. The average molecular weight is 348 g/mol. The second kappa shape index (κ2) is 8.60. The average Bonchev–Trinajstić information content (AvgIpc) is 2.73. The molecular formula is C14H20O10. The van der Waals surface area contributed by atoms with Gasteiger partial charge >= 0.3 is 23.9 Å². The van der Waals surface area contributed by atoms with Gasteiger partial charge in [0.2, 0.25) is 12.4 Å². The van der Waals surface area contributed by atoms with Gasteiger partial charge in [0, 0.05) is 27.7 Å². The predicted molar refractivity (Wildman–Crippen MR) is 74.2 cm³/mol. The van der Waals surface area contributed by atoms with Crippen molar-refractivity contribution in [1.82, 2.24) is 0 Å². The number of esters is 4. The molecular weight excluding hydrogens is 328 g/mol. The van der Waals surface area contributed by atoms with Crippen LogP contribution in [-0.4, -0.2) is 66.3 Å². The van der Waals surface area contributed by atoms with Crippen molar-refractivity contribution in [3.63, 3.8) is 0 Å². The molecule has 1 N–H and O–H groups in total. The summed E-state index contributed by atoms with van der Waals surface area (Å²) in [5, 5.41) is 10.1. The molecule has 0 saturated carbocycles. The monoisotopic (exact) mass is 348 g/mol. The lowest BCUT2D eigenvalue weighted by Crippen LogP contribution is -2.45. The zero-order chi connectivity index (χ0) is 18.4. The molecule has 136 valence electrons. The van der Waals surface area contributed by atoms with E-state index in [0.29, 0.717) is 0 Å². The van der Waals surface area contributed by atoms with Crippen molar-refractivity contribution in [1.29, 1.82) is 0 Å². The van der Waals surface area contributed by atoms with Crippen molar-refractivity contribution in [3.8, 4) is 0 Å². The molecule has 0 amide bonds. The largest absolute Gasteiger partial charge is 0.463 e. The molecule has 0 bridgehead atoms. The van der Waals surface area contributed by atoms with Crippen LogP contribution in [0.5, 0.6) is 0 Å². The maximum absolute atomic E-state index is 11.3. The number of aliphatic hydroxyl groups excluding tert-OH is 1. The summed E-state index contributed by atoms with van der Waals surface area (Å²) in [7, 11) is 0. The van der Waals surface area contributed by atoms with Crippen molar-refractivity contribution < 1.29 is 48.0 Å². The maximum atomic E-state index is 11.3. The normalized spacial score (nSPS) is 27.0. The number of rotatable bonds is 6. The van der Waals surface area contributed by atoms with Gasteiger partial charge in [-0.1, -0.05) is 0 Å². The van der Waals surface area contributed by atoms with Crippen molar-refractivity contribution in [2.24, 2.45) is 0 Å². The van der Waals surface area contributed by atoms with Gasteiger partial charge in [0.1, 0.15) is 18.8 Å². The quantitative estimate of drug-likeness (QED) is 0.473. The van der Waals surface area contributed by atoms with E-state index < -0.39 is 61.2 Å². The van der Waals surface area contributed by atoms with E-state index in [9.17, 15) is 24.3 Å². The highest BCUT2D eigenvalue weighted by Crippen LogP contribution is 2.30. The molecule has 24 heavy (non-hydrogen) atoms. The van der Waals surface area contributed by atoms with Crippen LogP contribution in [0.25, 0.3) is 0 Å². The standard InChI is InChI=1S/C14H20O10/c1-6(15)20-5-10(19)11-12(21-7(2)16)13(22-8(3)17)14(24-11)23-9(4)18/h10-14,19H,5H2,1-4H3/t10-,11-,12+,13-,14-/m1/s1. The van der Waals surface area contributed by atoms with Crippen LogP contribution in [0.4, 0.5) is 0 Å². The first-order valence-corrected chi connectivity index (χ1v) is 7.10. The van der Waals surface area contributed by atoms with Crippen LogP contribution in [0.3, 0.4) is 0 Å². The highest BCUT2D eigenvalue weighted by atomic mass is 16.7. The SMILES string of the molecule is CC(=O)OC[C@@H](O)[C@H]1O[C@@H](OC(C)=O)[C@H](OC(C)=O)[C@H]1OC(C)=O. The number of carbonyl (C=O) groups is 4. The van der Waals surface area contributed by atoms with E-state index in [1.807, 2.05) is 0 Å². The van der Waals surface area contributed by atoms with E-state index in [1.165, 1.54) is 0 Å². The second-order valence-corrected chi connectivity index (χ2v) is 5.10. The lowest BCUT2D eigenvalue weighted by molar-refractivity contribution is -0.200. The number of hydrogen-bond donors (Lipinski definition) is 1. The van der Waals surface area contributed by atoms with Crippen LogP contribution >= 0.6 is 0 Å². The van der Waals surface area contributed by atoms with Crippen LogP contribution in [0, 0.1) is 0 Å². The van der Waals surface area contributed by atoms with E-state index in [0.717, 1.165) is 27.7 Å². The molecule has 0 aromatic heterocycles. The number of hydrogen-bond acceptors (Lipinski definition) is 10. The Morgan fingerprint density at radius 1 is 0.875 bits per heavy atom. The molecule has 0 spiro atoms. The Labute approximate surface area is 137 Å². The molecule has 1 fully saturated rings. The smallest absolute Gasteiger partial charge is 0.305 e. The minimum absolute atomic E-state index is 0.447. The second-order valence-electron chi connectivity index (χ2n) is 5.10. The summed E-state index contributed by atoms with van der Waals surface area (Å²) in [5.74, 6) is -2.82. The Kier molecular flexibility index (Phi) is 7.11. The van der Waals surface area contributed by atoms with Crippen LogP contribution < -0.4 is 0 Å². The van der Waals surface area contributed by atoms with Crippen molar-refractivity contribution in [3.05, 3.63) is 0 Å². The number of carbonyl (C=O) groups excluding carboxylic acids is 4. The first-order valence-electron chi connectivity index (χ1n) is 7.10. The van der Waals surface area contributed by atoms with Gasteiger partial charge in [0.15, 0.2) is 6.10 Å². The van der Waals surface area contributed by atoms with Gasteiger partial charge < -0.3 is 28.8 Å². The molecule has 0 unspecified atom stereocenters. The minimum Gasteiger partial charge on any atom is -0.463 e. The van der Waals surface area contributed by atoms with Crippen LogP contribution in [0.15, 0.2) is 0 Å². The van der Waals surface area contributed by atoms with E-state index in [1.54, 1.807) is 0 Å². The lowest BCUT2D eigenvalue weighted by atomic mass is 10.1. The van der Waals surface area contributed by atoms with Crippen LogP contribution in [-0.2, 0) is 42.9 Å². The molecule has 0 aromatic carbocycles. The fraction of sp³-hybridized carbons (Fsp3) is 0.714. The molecule has 1 heterocycles. The minimum atomic E-state index is -1.41. The summed E-state index contributed by atoms with van der Waals surface area (Å²) in [6.07, 6.45) is -6.54. The molecule has 10 heteroatoms. The number of ether oxygens (including phenoxy) is 5. The molecule has 0 aromatic rings. The Morgan fingerprint density at radius 3 is 1.83 bits per heavy atom. The third kappa shape index (κ3) is 5.78. The van der Waals surface area contributed by atoms with Gasteiger partial charge in [-0.3, -0.25) is 19.2 Å². The zero-order valence-corrected chi connectivity index (χ0v) is 13.7. The van der Waals surface area contributed by atoms with E-state index in [2.05, 4.69) is 4.74 Å². The van der Waals surface area contributed by atoms with Gasteiger partial charge in [-0.05, 0) is 0 Å². The van der Waals surface area contributed by atoms with Gasteiger partial charge in [-0.15, -0.1) is 0 Å². The fourth-order valence-electron chi connectivity index (χ4n) is 2.16. The van der Waals surface area contributed by atoms with Gasteiger partial charge in [-0.25, -0.2) is 0 Å². The van der Waals surface area contributed by atoms with Crippen molar-refractivity contribution in [2.45, 2.75) is 58.4 Å². The van der Waals surface area contributed by atoms with Crippen molar-refractivity contribution in [2.75, 3.05) is 6.61 Å². The van der Waals surface area contributed by atoms with Gasteiger partial charge in [0.05, 0.1) is 0 Å². The molecule has 1 aliphatic heterocycles. The Hall–Kier alpha value is -2.20. The zero-order valence-electron chi connectivity index (χ0n) is 13.7. The summed E-state index contributed by atoms with van der Waals surface area (Å²) in [6, 6.07) is 0. The summed E-state index contributed by atoms with van der Waals surface area (Å²) in [4.78, 5) is 44.6. The predicted octanol–water partition coefficient (Wildman–Crippen LogP) is -0.938. The molecule has 1 aliphatic rings. The summed E-state index contributed by atoms with van der Waals surface area (Å²) >= 11 is 0. The highest BCUT2D eigenvalue weighted by Gasteiger charge is 2.53. The van der Waals surface area contributed by atoms with Gasteiger partial charge in [-0.2, -0.15) is 0 Å². The van der Waals surface area contributed by atoms with E-state index in [-0.39, 0.29) is 0 Å². The first-order chi connectivity index (χ1) is 11.1. The van der Waals surface area contributed by atoms with E-state index in [4.69, 9.17) is 18.9 Å². The summed E-state index contributed by atoms with van der Waals surface area (Å²) < 4.78 is 25.0. The molecule has 1 rings (SSSR count). The fourth-order valence-corrected chi connectivity index (χ4v) is 2.16. The van der Waals surface area contributed by atoms with Crippen LogP contribution in [0.1, 0.15) is 27.7 Å². The first kappa shape index (κ1) is 19.8. The Balaban J connectivity index is 3.00. The molecule has 10 nitrogen and oxygen atoms in total. The van der Waals surface area contributed by atoms with Gasteiger partial charge in [0.25, 0.3) is 0 Å². The number of aliphatic hydroxyl groups is 1. The molecule has 5 atom stereocenters. The Morgan fingerprint density at radius 2 is 1.38 bits per heavy atom.